The van der Waals surface area contributed by atoms with E-state index in [0.717, 1.165) is 11.3 Å². The molecule has 0 bridgehead atoms. The summed E-state index contributed by atoms with van der Waals surface area (Å²) in [4.78, 5) is 12.2. The highest BCUT2D eigenvalue weighted by atomic mass is 16.5. The minimum absolute atomic E-state index is 0.149. The van der Waals surface area contributed by atoms with Crippen molar-refractivity contribution in [1.82, 2.24) is 5.32 Å². The zero-order chi connectivity index (χ0) is 16.8. The number of methoxy groups -OCH3 is 1. The van der Waals surface area contributed by atoms with Crippen LogP contribution in [0.2, 0.25) is 0 Å². The van der Waals surface area contributed by atoms with Gasteiger partial charge in [-0.05, 0) is 37.5 Å². The number of carbonyl (C=O) groups excluding carboxylic acids is 1. The van der Waals surface area contributed by atoms with E-state index in [0.29, 0.717) is 13.2 Å². The Labute approximate surface area is 133 Å². The van der Waals surface area contributed by atoms with Crippen molar-refractivity contribution in [2.45, 2.75) is 45.9 Å². The smallest absolute Gasteiger partial charge is 0.249 e. The Hall–Kier alpha value is -1.59. The molecule has 2 unspecified atom stereocenters. The lowest BCUT2D eigenvalue weighted by molar-refractivity contribution is -0.134. The van der Waals surface area contributed by atoms with E-state index in [-0.39, 0.29) is 11.8 Å². The van der Waals surface area contributed by atoms with Crippen LogP contribution in [0.4, 0.5) is 0 Å². The molecule has 3 N–H and O–H groups in total. The number of amides is 1. The Balaban J connectivity index is 2.57. The van der Waals surface area contributed by atoms with E-state index in [4.69, 9.17) is 15.2 Å². The maximum atomic E-state index is 12.2. The number of nitrogens with two attached hydrogens (primary N) is 1. The Morgan fingerprint density at radius 3 is 2.59 bits per heavy atom. The lowest BCUT2D eigenvalue weighted by Crippen LogP contribution is -2.57. The fraction of sp³-hybridized carbons (Fsp3) is 0.588. The van der Waals surface area contributed by atoms with E-state index in [1.165, 1.54) is 0 Å². The van der Waals surface area contributed by atoms with E-state index < -0.39 is 11.6 Å². The van der Waals surface area contributed by atoms with Crippen LogP contribution >= 0.6 is 0 Å². The summed E-state index contributed by atoms with van der Waals surface area (Å²) in [5, 5.41) is 2.99. The summed E-state index contributed by atoms with van der Waals surface area (Å²) in [6, 6.07) is 7.59. The fourth-order valence-corrected chi connectivity index (χ4v) is 1.87. The van der Waals surface area contributed by atoms with Crippen LogP contribution in [0, 0.1) is 5.92 Å². The summed E-state index contributed by atoms with van der Waals surface area (Å²) in [7, 11) is 1.62. The molecule has 0 aliphatic carbocycles. The molecular formula is C17H28N2O3. The average molecular weight is 308 g/mol. The van der Waals surface area contributed by atoms with Gasteiger partial charge < -0.3 is 20.5 Å². The summed E-state index contributed by atoms with van der Waals surface area (Å²) >= 11 is 0. The zero-order valence-corrected chi connectivity index (χ0v) is 14.2. The Morgan fingerprint density at radius 1 is 1.36 bits per heavy atom. The van der Waals surface area contributed by atoms with Crippen molar-refractivity contribution in [2.24, 2.45) is 11.7 Å². The van der Waals surface area contributed by atoms with Crippen LogP contribution in [0.5, 0.6) is 5.75 Å². The van der Waals surface area contributed by atoms with Crippen LogP contribution in [0.25, 0.3) is 0 Å². The Bertz CT molecular complexity index is 491. The molecule has 0 heterocycles. The molecule has 0 saturated carbocycles. The first-order valence-corrected chi connectivity index (χ1v) is 7.59. The largest absolute Gasteiger partial charge is 0.497 e. The molecule has 1 aromatic carbocycles. The van der Waals surface area contributed by atoms with Gasteiger partial charge in [-0.2, -0.15) is 0 Å². The third-order valence-corrected chi connectivity index (χ3v) is 4.11. The van der Waals surface area contributed by atoms with Crippen molar-refractivity contribution in [1.29, 1.82) is 0 Å². The van der Waals surface area contributed by atoms with E-state index in [9.17, 15) is 4.79 Å². The van der Waals surface area contributed by atoms with Crippen molar-refractivity contribution < 1.29 is 14.3 Å². The molecule has 0 aliphatic rings. The second kappa shape index (κ2) is 8.15. The van der Waals surface area contributed by atoms with Gasteiger partial charge in [-0.3, -0.25) is 4.79 Å². The molecule has 0 spiro atoms. The fourth-order valence-electron chi connectivity index (χ4n) is 1.87. The van der Waals surface area contributed by atoms with Gasteiger partial charge in [0.05, 0.1) is 19.3 Å². The monoisotopic (exact) mass is 308 g/mol. The van der Waals surface area contributed by atoms with Gasteiger partial charge in [-0.25, -0.2) is 0 Å². The second-order valence-corrected chi connectivity index (χ2v) is 6.07. The predicted molar refractivity (Wildman–Crippen MR) is 87.7 cm³/mol. The highest BCUT2D eigenvalue weighted by Gasteiger charge is 2.30. The maximum Gasteiger partial charge on any atom is 0.249 e. The van der Waals surface area contributed by atoms with Crippen molar-refractivity contribution in [2.75, 3.05) is 13.7 Å². The molecule has 1 amide bonds. The summed E-state index contributed by atoms with van der Waals surface area (Å²) in [6.07, 6.45) is -0.546. The molecule has 5 nitrogen and oxygen atoms in total. The number of benzene rings is 1. The number of carbonyl (C=O) groups is 1. The first-order chi connectivity index (χ1) is 10.3. The quantitative estimate of drug-likeness (QED) is 0.771. The van der Waals surface area contributed by atoms with Gasteiger partial charge >= 0.3 is 0 Å². The van der Waals surface area contributed by atoms with E-state index in [1.807, 2.05) is 45.0 Å². The zero-order valence-electron chi connectivity index (χ0n) is 14.2. The van der Waals surface area contributed by atoms with Crippen LogP contribution in [0.15, 0.2) is 24.3 Å². The molecule has 0 aromatic heterocycles. The van der Waals surface area contributed by atoms with Crippen LogP contribution in [0.3, 0.4) is 0 Å². The molecule has 124 valence electrons. The van der Waals surface area contributed by atoms with E-state index >= 15 is 0 Å². The molecular weight excluding hydrogens is 280 g/mol. The molecule has 0 aliphatic heterocycles. The van der Waals surface area contributed by atoms with Gasteiger partial charge in [0.25, 0.3) is 0 Å². The summed E-state index contributed by atoms with van der Waals surface area (Å²) in [5.74, 6) is 0.866. The molecule has 1 rings (SSSR count). The summed E-state index contributed by atoms with van der Waals surface area (Å²) in [5.41, 5.74) is 6.32. The molecule has 5 heteroatoms. The van der Waals surface area contributed by atoms with Gasteiger partial charge in [0.2, 0.25) is 5.91 Å². The molecule has 0 radical (unpaired) electrons. The highest BCUT2D eigenvalue weighted by Crippen LogP contribution is 2.16. The Morgan fingerprint density at radius 2 is 2.05 bits per heavy atom. The van der Waals surface area contributed by atoms with Crippen LogP contribution in [-0.2, 0) is 16.1 Å². The minimum atomic E-state index is -0.546. The van der Waals surface area contributed by atoms with Crippen LogP contribution in [-0.4, -0.2) is 31.2 Å². The number of ether oxygens (including phenoxy) is 2. The standard InChI is InChI=1S/C17H28N2O3/c1-12(2)17(4,11-18)19-16(20)13(3)22-10-14-7-6-8-15(9-14)21-5/h6-9,12-13H,10-11,18H2,1-5H3,(H,19,20). The Kier molecular flexibility index (Phi) is 6.84. The molecule has 1 aromatic rings. The summed E-state index contributed by atoms with van der Waals surface area (Å²) in [6.45, 7) is 8.51. The molecule has 2 atom stereocenters. The third-order valence-electron chi connectivity index (χ3n) is 4.11. The first kappa shape index (κ1) is 18.5. The normalized spacial score (nSPS) is 15.2. The highest BCUT2D eigenvalue weighted by molar-refractivity contribution is 5.81. The van der Waals surface area contributed by atoms with Crippen LogP contribution in [0.1, 0.15) is 33.3 Å². The van der Waals surface area contributed by atoms with Gasteiger partial charge in [0.1, 0.15) is 11.9 Å². The lowest BCUT2D eigenvalue weighted by atomic mass is 9.88. The van der Waals surface area contributed by atoms with Crippen molar-refractivity contribution in [3.05, 3.63) is 29.8 Å². The molecule has 0 saturated heterocycles. The minimum Gasteiger partial charge on any atom is -0.497 e. The van der Waals surface area contributed by atoms with Crippen molar-refractivity contribution >= 4 is 5.91 Å². The van der Waals surface area contributed by atoms with Crippen molar-refractivity contribution in [3.8, 4) is 5.75 Å². The summed E-state index contributed by atoms with van der Waals surface area (Å²) < 4.78 is 10.8. The van der Waals surface area contributed by atoms with E-state index in [2.05, 4.69) is 5.32 Å². The first-order valence-electron chi connectivity index (χ1n) is 7.59. The van der Waals surface area contributed by atoms with E-state index in [1.54, 1.807) is 14.0 Å². The maximum absolute atomic E-state index is 12.2. The number of hydrogen-bond acceptors (Lipinski definition) is 4. The third kappa shape index (κ3) is 5.00. The average Bonchev–Trinajstić information content (AvgIpc) is 2.52. The number of nitrogens with one attached hydrogen (secondary N) is 1. The number of hydrogen-bond donors (Lipinski definition) is 2. The van der Waals surface area contributed by atoms with Gasteiger partial charge in [-0.15, -0.1) is 0 Å². The second-order valence-electron chi connectivity index (χ2n) is 6.07. The lowest BCUT2D eigenvalue weighted by Gasteiger charge is -2.34. The SMILES string of the molecule is COc1cccc(COC(C)C(=O)NC(C)(CN)C(C)C)c1. The van der Waals surface area contributed by atoms with Gasteiger partial charge in [0, 0.05) is 6.54 Å². The van der Waals surface area contributed by atoms with Crippen LogP contribution < -0.4 is 15.8 Å². The molecule has 0 fully saturated rings. The van der Waals surface area contributed by atoms with Gasteiger partial charge in [0.15, 0.2) is 0 Å². The topological polar surface area (TPSA) is 73.6 Å². The molecule has 22 heavy (non-hydrogen) atoms. The number of rotatable bonds is 8. The van der Waals surface area contributed by atoms with Gasteiger partial charge in [-0.1, -0.05) is 26.0 Å². The predicted octanol–water partition coefficient (Wildman–Crippen LogP) is 2.09. The van der Waals surface area contributed by atoms with Crippen molar-refractivity contribution in [3.63, 3.8) is 0 Å².